The fraction of sp³-hybridized carbons (Fsp3) is 0.889. The first-order valence-corrected chi connectivity index (χ1v) is 4.62. The summed E-state index contributed by atoms with van der Waals surface area (Å²) in [5, 5.41) is 3.22. The molecule has 4 heteroatoms. The summed E-state index contributed by atoms with van der Waals surface area (Å²) in [7, 11) is 1.39. The van der Waals surface area contributed by atoms with Crippen molar-refractivity contribution >= 4 is 5.97 Å². The number of hydrogen-bond acceptors (Lipinski definition) is 4. The topological polar surface area (TPSA) is 64.3 Å². The lowest BCUT2D eigenvalue weighted by Gasteiger charge is -2.36. The Balaban J connectivity index is 2.49. The van der Waals surface area contributed by atoms with Crippen LogP contribution in [0.1, 0.15) is 19.8 Å². The largest absolute Gasteiger partial charge is 0.469 e. The van der Waals surface area contributed by atoms with Gasteiger partial charge in [-0.05, 0) is 18.9 Å². The third kappa shape index (κ3) is 2.97. The van der Waals surface area contributed by atoms with E-state index < -0.39 is 5.54 Å². The first-order valence-electron chi connectivity index (χ1n) is 4.62. The van der Waals surface area contributed by atoms with E-state index in [0.29, 0.717) is 18.9 Å². The maximum atomic E-state index is 11.1. The minimum Gasteiger partial charge on any atom is -0.469 e. The van der Waals surface area contributed by atoms with Gasteiger partial charge in [-0.2, -0.15) is 0 Å². The number of nitrogens with two attached hydrogens (primary N) is 1. The van der Waals surface area contributed by atoms with E-state index in [0.717, 1.165) is 13.0 Å². The second kappa shape index (κ2) is 4.07. The number of nitrogens with one attached hydrogen (secondary N) is 1. The van der Waals surface area contributed by atoms with Crippen molar-refractivity contribution in [3.8, 4) is 0 Å². The van der Waals surface area contributed by atoms with Gasteiger partial charge in [0.05, 0.1) is 13.5 Å². The molecule has 0 aromatic carbocycles. The van der Waals surface area contributed by atoms with Gasteiger partial charge in [-0.15, -0.1) is 0 Å². The highest BCUT2D eigenvalue weighted by Crippen LogP contribution is 2.21. The summed E-state index contributed by atoms with van der Waals surface area (Å²) in [6.07, 6.45) is 1.19. The Hall–Kier alpha value is -0.610. The van der Waals surface area contributed by atoms with Gasteiger partial charge < -0.3 is 15.8 Å². The summed E-state index contributed by atoms with van der Waals surface area (Å²) in [6.45, 7) is 3.82. The molecule has 2 unspecified atom stereocenters. The lowest BCUT2D eigenvalue weighted by molar-refractivity contribution is -0.142. The van der Waals surface area contributed by atoms with E-state index in [1.165, 1.54) is 7.11 Å². The van der Waals surface area contributed by atoms with Crippen LogP contribution in [0.3, 0.4) is 0 Å². The quantitative estimate of drug-likeness (QED) is 0.590. The van der Waals surface area contributed by atoms with Crippen molar-refractivity contribution in [2.24, 2.45) is 11.7 Å². The van der Waals surface area contributed by atoms with Gasteiger partial charge in [0.15, 0.2) is 0 Å². The van der Waals surface area contributed by atoms with Gasteiger partial charge in [-0.1, -0.05) is 6.92 Å². The average Bonchev–Trinajstić information content (AvgIpc) is 2.02. The molecule has 3 N–H and O–H groups in total. The molecule has 76 valence electrons. The highest BCUT2D eigenvalue weighted by Gasteiger charge is 2.33. The number of rotatable bonds is 2. The third-order valence-electron chi connectivity index (χ3n) is 2.45. The van der Waals surface area contributed by atoms with Crippen LogP contribution in [0.4, 0.5) is 0 Å². The molecule has 0 aromatic rings. The zero-order chi connectivity index (χ0) is 9.90. The molecule has 1 fully saturated rings. The van der Waals surface area contributed by atoms with Gasteiger partial charge in [0.2, 0.25) is 0 Å². The van der Waals surface area contributed by atoms with Crippen molar-refractivity contribution in [2.45, 2.75) is 25.3 Å². The number of hydrogen-bond donors (Lipinski definition) is 2. The van der Waals surface area contributed by atoms with Crippen molar-refractivity contribution in [2.75, 3.05) is 20.2 Å². The average molecular weight is 186 g/mol. The van der Waals surface area contributed by atoms with E-state index in [2.05, 4.69) is 17.0 Å². The van der Waals surface area contributed by atoms with Gasteiger partial charge in [0.25, 0.3) is 0 Å². The summed E-state index contributed by atoms with van der Waals surface area (Å²) in [6, 6.07) is 0. The number of piperidine rings is 1. The van der Waals surface area contributed by atoms with Crippen molar-refractivity contribution in [1.82, 2.24) is 5.32 Å². The number of carbonyl (C=O) groups is 1. The van der Waals surface area contributed by atoms with E-state index in [4.69, 9.17) is 5.73 Å². The molecule has 0 bridgehead atoms. The van der Waals surface area contributed by atoms with Crippen LogP contribution in [0.2, 0.25) is 0 Å². The minimum atomic E-state index is -0.412. The molecule has 13 heavy (non-hydrogen) atoms. The standard InChI is InChI=1S/C9H18N2O2/c1-7-3-9(10,6-11-5-7)4-8(12)13-2/h7,11H,3-6,10H2,1-2H3. The number of carbonyl (C=O) groups excluding carboxylic acids is 1. The van der Waals surface area contributed by atoms with Crippen molar-refractivity contribution in [1.29, 1.82) is 0 Å². The molecule has 1 aliphatic heterocycles. The zero-order valence-electron chi connectivity index (χ0n) is 8.30. The van der Waals surface area contributed by atoms with E-state index >= 15 is 0 Å². The molecule has 0 saturated carbocycles. The summed E-state index contributed by atoms with van der Waals surface area (Å²) < 4.78 is 4.61. The predicted molar refractivity (Wildman–Crippen MR) is 50.2 cm³/mol. The maximum Gasteiger partial charge on any atom is 0.307 e. The van der Waals surface area contributed by atoms with Crippen LogP contribution < -0.4 is 11.1 Å². The molecular weight excluding hydrogens is 168 g/mol. The van der Waals surface area contributed by atoms with Crippen LogP contribution in [0.5, 0.6) is 0 Å². The molecule has 0 aliphatic carbocycles. The Morgan fingerprint density at radius 2 is 2.46 bits per heavy atom. The third-order valence-corrected chi connectivity index (χ3v) is 2.45. The van der Waals surface area contributed by atoms with Crippen LogP contribution in [0, 0.1) is 5.92 Å². The number of ether oxygens (including phenoxy) is 1. The van der Waals surface area contributed by atoms with Gasteiger partial charge >= 0.3 is 5.97 Å². The maximum absolute atomic E-state index is 11.1. The smallest absolute Gasteiger partial charge is 0.307 e. The van der Waals surface area contributed by atoms with Crippen molar-refractivity contribution < 1.29 is 9.53 Å². The van der Waals surface area contributed by atoms with E-state index in [1.54, 1.807) is 0 Å². The summed E-state index contributed by atoms with van der Waals surface area (Å²) in [5.74, 6) is 0.307. The fourth-order valence-electron chi connectivity index (χ4n) is 1.90. The predicted octanol–water partition coefficient (Wildman–Crippen LogP) is -0.124. The SMILES string of the molecule is COC(=O)CC1(N)CNCC(C)C1. The number of esters is 1. The van der Waals surface area contributed by atoms with E-state index in [-0.39, 0.29) is 5.97 Å². The van der Waals surface area contributed by atoms with E-state index in [1.807, 2.05) is 0 Å². The first kappa shape index (κ1) is 10.5. The Kier molecular flexibility index (Phi) is 3.27. The Morgan fingerprint density at radius 3 is 3.00 bits per heavy atom. The molecule has 0 radical (unpaired) electrons. The van der Waals surface area contributed by atoms with Crippen molar-refractivity contribution in [3.63, 3.8) is 0 Å². The van der Waals surface area contributed by atoms with Crippen LogP contribution in [0.15, 0.2) is 0 Å². The van der Waals surface area contributed by atoms with Gasteiger partial charge in [0, 0.05) is 12.1 Å². The molecule has 0 amide bonds. The van der Waals surface area contributed by atoms with Crippen LogP contribution in [-0.2, 0) is 9.53 Å². The highest BCUT2D eigenvalue weighted by molar-refractivity contribution is 5.70. The lowest BCUT2D eigenvalue weighted by atomic mass is 9.83. The normalized spacial score (nSPS) is 34.2. The second-order valence-electron chi connectivity index (χ2n) is 4.06. The lowest BCUT2D eigenvalue weighted by Crippen LogP contribution is -2.56. The van der Waals surface area contributed by atoms with Crippen LogP contribution in [-0.4, -0.2) is 31.7 Å². The minimum absolute atomic E-state index is 0.224. The summed E-state index contributed by atoms with van der Waals surface area (Å²) >= 11 is 0. The summed E-state index contributed by atoms with van der Waals surface area (Å²) in [5.41, 5.74) is 5.65. The molecular formula is C9H18N2O2. The molecule has 1 rings (SSSR count). The monoisotopic (exact) mass is 186 g/mol. The van der Waals surface area contributed by atoms with Crippen LogP contribution >= 0.6 is 0 Å². The fourth-order valence-corrected chi connectivity index (χ4v) is 1.90. The highest BCUT2D eigenvalue weighted by atomic mass is 16.5. The Morgan fingerprint density at radius 1 is 1.77 bits per heavy atom. The van der Waals surface area contributed by atoms with Gasteiger partial charge in [0.1, 0.15) is 0 Å². The number of methoxy groups -OCH3 is 1. The molecule has 0 aromatic heterocycles. The molecule has 4 nitrogen and oxygen atoms in total. The zero-order valence-corrected chi connectivity index (χ0v) is 8.30. The Bertz CT molecular complexity index is 196. The molecule has 1 saturated heterocycles. The first-order chi connectivity index (χ1) is 6.06. The summed E-state index contributed by atoms with van der Waals surface area (Å²) in [4.78, 5) is 11.1. The van der Waals surface area contributed by atoms with E-state index in [9.17, 15) is 4.79 Å². The van der Waals surface area contributed by atoms with Gasteiger partial charge in [-0.3, -0.25) is 4.79 Å². The molecule has 1 aliphatic rings. The van der Waals surface area contributed by atoms with Gasteiger partial charge in [-0.25, -0.2) is 0 Å². The molecule has 2 atom stereocenters. The second-order valence-corrected chi connectivity index (χ2v) is 4.06. The molecule has 1 heterocycles. The van der Waals surface area contributed by atoms with Crippen molar-refractivity contribution in [3.05, 3.63) is 0 Å². The van der Waals surface area contributed by atoms with Crippen LogP contribution in [0.25, 0.3) is 0 Å². The molecule has 0 spiro atoms. The Labute approximate surface area is 78.8 Å².